The molecule has 0 aliphatic heterocycles. The summed E-state index contributed by atoms with van der Waals surface area (Å²) in [5, 5.41) is 12.6. The lowest BCUT2D eigenvalue weighted by atomic mass is 9.72. The summed E-state index contributed by atoms with van der Waals surface area (Å²) in [6, 6.07) is 32.7. The fourth-order valence-corrected chi connectivity index (χ4v) is 6.32. The minimum atomic E-state index is -1.19. The first-order valence-electron chi connectivity index (χ1n) is 11.2. The number of aliphatic hydroxyl groups is 1. The van der Waals surface area contributed by atoms with Gasteiger partial charge in [-0.25, -0.2) is 0 Å². The summed E-state index contributed by atoms with van der Waals surface area (Å²) in [5.41, 5.74) is 5.27. The molecule has 0 radical (unpaired) electrons. The van der Waals surface area contributed by atoms with Crippen molar-refractivity contribution in [3.05, 3.63) is 134 Å². The maximum absolute atomic E-state index is 12.1. The highest BCUT2D eigenvalue weighted by molar-refractivity contribution is 9.10. The van der Waals surface area contributed by atoms with Gasteiger partial charge in [-0.05, 0) is 76.9 Å². The van der Waals surface area contributed by atoms with Crippen molar-refractivity contribution in [1.82, 2.24) is 0 Å². The number of halogens is 3. The van der Waals surface area contributed by atoms with Gasteiger partial charge >= 0.3 is 0 Å². The third-order valence-corrected chi connectivity index (χ3v) is 8.28. The van der Waals surface area contributed by atoms with Gasteiger partial charge in [0.25, 0.3) is 0 Å². The molecular weight excluding hydrogens is 572 g/mol. The van der Waals surface area contributed by atoms with Gasteiger partial charge in [-0.2, -0.15) is 0 Å². The summed E-state index contributed by atoms with van der Waals surface area (Å²) in [6.07, 6.45) is 3.35. The van der Waals surface area contributed by atoms with Gasteiger partial charge in [-0.3, -0.25) is 0 Å². The molecule has 34 heavy (non-hydrogen) atoms. The molecule has 0 bridgehead atoms. The zero-order valence-corrected chi connectivity index (χ0v) is 22.3. The van der Waals surface area contributed by atoms with Crippen LogP contribution < -0.4 is 0 Å². The zero-order chi connectivity index (χ0) is 23.7. The summed E-state index contributed by atoms with van der Waals surface area (Å²) < 4.78 is 2.06. The van der Waals surface area contributed by atoms with Gasteiger partial charge < -0.3 is 5.11 Å². The average Bonchev–Trinajstić information content (AvgIpc) is 2.85. The highest BCUT2D eigenvalue weighted by atomic mass is 79.9. The SMILES string of the molecule is OC1(c2ccccc2Cl)C=C(c2ccccc2Br)CC(c2cc(-c3ccccc3)ccc2Br)C1. The minimum Gasteiger partial charge on any atom is -0.381 e. The topological polar surface area (TPSA) is 20.2 Å². The van der Waals surface area contributed by atoms with Crippen molar-refractivity contribution in [3.8, 4) is 11.1 Å². The lowest BCUT2D eigenvalue weighted by Gasteiger charge is -2.37. The Morgan fingerprint density at radius 1 is 0.765 bits per heavy atom. The van der Waals surface area contributed by atoms with Crippen LogP contribution in [0, 0.1) is 0 Å². The Morgan fingerprint density at radius 2 is 1.47 bits per heavy atom. The van der Waals surface area contributed by atoms with E-state index in [4.69, 9.17) is 11.6 Å². The largest absolute Gasteiger partial charge is 0.381 e. The first-order chi connectivity index (χ1) is 16.4. The highest BCUT2D eigenvalue weighted by Gasteiger charge is 2.38. The van der Waals surface area contributed by atoms with Crippen LogP contribution in [-0.2, 0) is 5.60 Å². The number of benzene rings is 4. The molecule has 0 aromatic heterocycles. The molecule has 2 atom stereocenters. The highest BCUT2D eigenvalue weighted by Crippen LogP contribution is 2.49. The van der Waals surface area contributed by atoms with E-state index in [1.807, 2.05) is 54.6 Å². The number of hydrogen-bond acceptors (Lipinski definition) is 1. The first kappa shape index (κ1) is 23.6. The van der Waals surface area contributed by atoms with Crippen LogP contribution in [0.1, 0.15) is 35.4 Å². The van der Waals surface area contributed by atoms with Crippen molar-refractivity contribution in [3.63, 3.8) is 0 Å². The van der Waals surface area contributed by atoms with E-state index in [0.717, 1.165) is 37.6 Å². The third kappa shape index (κ3) is 4.67. The molecule has 0 fully saturated rings. The van der Waals surface area contributed by atoms with E-state index >= 15 is 0 Å². The summed E-state index contributed by atoms with van der Waals surface area (Å²) in [6.45, 7) is 0. The molecule has 1 N–H and O–H groups in total. The maximum atomic E-state index is 12.1. The summed E-state index contributed by atoms with van der Waals surface area (Å²) in [7, 11) is 0. The fraction of sp³-hybridized carbons (Fsp3) is 0.133. The van der Waals surface area contributed by atoms with E-state index in [0.29, 0.717) is 11.4 Å². The molecule has 0 spiro atoms. The Morgan fingerprint density at radius 3 is 2.24 bits per heavy atom. The monoisotopic (exact) mass is 592 g/mol. The Balaban J connectivity index is 1.64. The zero-order valence-electron chi connectivity index (χ0n) is 18.4. The second kappa shape index (κ2) is 9.83. The minimum absolute atomic E-state index is 0.0893. The lowest BCUT2D eigenvalue weighted by Crippen LogP contribution is -2.30. The van der Waals surface area contributed by atoms with E-state index in [1.165, 1.54) is 11.1 Å². The van der Waals surface area contributed by atoms with Gasteiger partial charge in [0.2, 0.25) is 0 Å². The molecule has 170 valence electrons. The third-order valence-electron chi connectivity index (χ3n) is 6.54. The van der Waals surface area contributed by atoms with E-state index in [2.05, 4.69) is 80.4 Å². The maximum Gasteiger partial charge on any atom is 0.110 e. The molecule has 0 amide bonds. The molecule has 0 saturated carbocycles. The second-order valence-corrected chi connectivity index (χ2v) is 10.9. The molecule has 1 aliphatic carbocycles. The summed E-state index contributed by atoms with van der Waals surface area (Å²) in [5.74, 6) is 0.0893. The van der Waals surface area contributed by atoms with Crippen molar-refractivity contribution in [2.45, 2.75) is 24.4 Å². The summed E-state index contributed by atoms with van der Waals surface area (Å²) in [4.78, 5) is 0. The lowest BCUT2D eigenvalue weighted by molar-refractivity contribution is 0.0672. The molecule has 2 unspecified atom stereocenters. The van der Waals surface area contributed by atoms with Crippen molar-refractivity contribution < 1.29 is 5.11 Å². The fourth-order valence-electron chi connectivity index (χ4n) is 4.92. The van der Waals surface area contributed by atoms with Crippen LogP contribution in [-0.4, -0.2) is 5.11 Å². The van der Waals surface area contributed by atoms with Gasteiger partial charge in [-0.1, -0.05) is 116 Å². The standard InChI is InChI=1S/C30H23Br2ClO/c31-27-12-6-4-10-24(27)22-16-23(19-30(34,18-22)26-11-5-7-13-29(26)33)25-17-21(14-15-28(25)32)20-8-2-1-3-9-20/h1-15,17-18,23,34H,16,19H2. The van der Waals surface area contributed by atoms with E-state index in [1.54, 1.807) is 0 Å². The van der Waals surface area contributed by atoms with Crippen LogP contribution in [0.5, 0.6) is 0 Å². The van der Waals surface area contributed by atoms with Gasteiger partial charge in [0, 0.05) is 19.5 Å². The number of allylic oxidation sites excluding steroid dienone is 1. The molecule has 1 nitrogen and oxygen atoms in total. The Labute approximate surface area is 222 Å². The second-order valence-electron chi connectivity index (χ2n) is 8.76. The van der Waals surface area contributed by atoms with E-state index in [9.17, 15) is 5.11 Å². The van der Waals surface area contributed by atoms with Crippen LogP contribution in [0.25, 0.3) is 16.7 Å². The Hall–Kier alpha value is -2.17. The molecule has 4 heteroatoms. The Bertz CT molecular complexity index is 1370. The van der Waals surface area contributed by atoms with Crippen molar-refractivity contribution in [2.24, 2.45) is 0 Å². The van der Waals surface area contributed by atoms with E-state index in [-0.39, 0.29) is 5.92 Å². The first-order valence-corrected chi connectivity index (χ1v) is 13.2. The Kier molecular flexibility index (Phi) is 6.81. The van der Waals surface area contributed by atoms with Crippen molar-refractivity contribution in [2.75, 3.05) is 0 Å². The van der Waals surface area contributed by atoms with Gasteiger partial charge in [0.15, 0.2) is 0 Å². The van der Waals surface area contributed by atoms with E-state index < -0.39 is 5.60 Å². The number of rotatable bonds is 4. The average molecular weight is 595 g/mol. The quantitative estimate of drug-likeness (QED) is 0.250. The molecule has 4 aromatic carbocycles. The molecule has 1 aliphatic rings. The van der Waals surface area contributed by atoms with Crippen molar-refractivity contribution >= 4 is 49.0 Å². The normalized spacial score (nSPS) is 20.1. The van der Waals surface area contributed by atoms with Crippen molar-refractivity contribution in [1.29, 1.82) is 0 Å². The molecule has 0 saturated heterocycles. The number of hydrogen-bond donors (Lipinski definition) is 1. The van der Waals surface area contributed by atoms with Crippen LogP contribution in [0.3, 0.4) is 0 Å². The molecular formula is C30H23Br2ClO. The summed E-state index contributed by atoms with van der Waals surface area (Å²) >= 11 is 14.1. The molecule has 4 aromatic rings. The molecule has 5 rings (SSSR count). The van der Waals surface area contributed by atoms with Crippen LogP contribution in [0.4, 0.5) is 0 Å². The van der Waals surface area contributed by atoms with Crippen LogP contribution >= 0.6 is 43.5 Å². The van der Waals surface area contributed by atoms with Gasteiger partial charge in [-0.15, -0.1) is 0 Å². The van der Waals surface area contributed by atoms with Gasteiger partial charge in [0.05, 0.1) is 0 Å². The predicted molar refractivity (Wildman–Crippen MR) is 149 cm³/mol. The molecule has 0 heterocycles. The smallest absolute Gasteiger partial charge is 0.110 e. The van der Waals surface area contributed by atoms with Crippen LogP contribution in [0.15, 0.2) is 112 Å². The predicted octanol–water partition coefficient (Wildman–Crippen LogP) is 9.38. The van der Waals surface area contributed by atoms with Gasteiger partial charge in [0.1, 0.15) is 5.60 Å². The van der Waals surface area contributed by atoms with Crippen LogP contribution in [0.2, 0.25) is 5.02 Å².